The Morgan fingerprint density at radius 2 is 1.62 bits per heavy atom. The van der Waals surface area contributed by atoms with E-state index < -0.39 is 23.9 Å². The van der Waals surface area contributed by atoms with E-state index >= 15 is 0 Å². The van der Waals surface area contributed by atoms with Crippen molar-refractivity contribution < 1.29 is 22.7 Å². The Balaban J connectivity index is 1.43. The Labute approximate surface area is 226 Å². The zero-order valence-electron chi connectivity index (χ0n) is 20.4. The Morgan fingerprint density at radius 3 is 2.18 bits per heavy atom. The minimum Gasteiger partial charge on any atom is -0.409 e. The number of hydrogen-bond acceptors (Lipinski definition) is 5. The third-order valence-corrected chi connectivity index (χ3v) is 6.79. The highest BCUT2D eigenvalue weighted by Gasteiger charge is 2.32. The molecule has 11 heteroatoms. The van der Waals surface area contributed by atoms with Gasteiger partial charge in [-0.3, -0.25) is 9.36 Å². The number of hydrogen-bond donors (Lipinski definition) is 1. The molecule has 0 saturated heterocycles. The van der Waals surface area contributed by atoms with E-state index in [2.05, 4.69) is 4.98 Å². The second-order valence-corrected chi connectivity index (χ2v) is 9.38. The number of rotatable bonds is 4. The average molecular weight is 555 g/mol. The van der Waals surface area contributed by atoms with Gasteiger partial charge in [0.15, 0.2) is 5.75 Å². The maximum Gasteiger partial charge on any atom is 0.416 e. The Hall–Kier alpha value is -4.31. The third-order valence-electron chi connectivity index (χ3n) is 6.50. The first-order chi connectivity index (χ1) is 18.6. The van der Waals surface area contributed by atoms with Crippen molar-refractivity contribution in [2.24, 2.45) is 0 Å². The van der Waals surface area contributed by atoms with Crippen molar-refractivity contribution in [2.75, 3.05) is 12.3 Å². The predicted molar refractivity (Wildman–Crippen MR) is 140 cm³/mol. The molecule has 0 saturated carbocycles. The number of aromatic nitrogens is 2. The standard InChI is InChI=1S/C28H22ClF3N4O3/c29-21-15-19(28(30,31)32)11-12-23(21)39-27(38)35-14-13-20-22(16-35)34-26(33)36(25(20)37)24(17-7-3-1-4-8-17)18-9-5-2-6-10-18/h1-12,15,24H,13-14,16H2,(H2,33,34). The van der Waals surface area contributed by atoms with Crippen LogP contribution in [0.15, 0.2) is 83.7 Å². The van der Waals surface area contributed by atoms with Crippen LogP contribution in [-0.2, 0) is 19.1 Å². The number of anilines is 1. The lowest BCUT2D eigenvalue weighted by atomic mass is 9.97. The number of ether oxygens (including phenoxy) is 1. The SMILES string of the molecule is Nc1nc2c(c(=O)n1C(c1ccccc1)c1ccccc1)CCN(C(=O)Oc1ccc(C(F)(F)F)cc1Cl)C2. The third kappa shape index (κ3) is 5.33. The summed E-state index contributed by atoms with van der Waals surface area (Å²) in [6.07, 6.45) is -5.23. The first-order valence-corrected chi connectivity index (χ1v) is 12.3. The van der Waals surface area contributed by atoms with Gasteiger partial charge in [-0.2, -0.15) is 13.2 Å². The van der Waals surface area contributed by atoms with Crippen molar-refractivity contribution in [1.82, 2.24) is 14.5 Å². The summed E-state index contributed by atoms with van der Waals surface area (Å²) in [6, 6.07) is 20.9. The van der Waals surface area contributed by atoms with Crippen molar-refractivity contribution in [3.8, 4) is 5.75 Å². The van der Waals surface area contributed by atoms with E-state index in [-0.39, 0.29) is 41.8 Å². The summed E-state index contributed by atoms with van der Waals surface area (Å²) in [5.41, 5.74) is 7.54. The molecule has 7 nitrogen and oxygen atoms in total. The first-order valence-electron chi connectivity index (χ1n) is 12.0. The summed E-state index contributed by atoms with van der Waals surface area (Å²) in [6.45, 7) is 0.0697. The molecule has 0 unspecified atom stereocenters. The van der Waals surface area contributed by atoms with Gasteiger partial charge in [-0.15, -0.1) is 0 Å². The predicted octanol–water partition coefficient (Wildman–Crippen LogP) is 5.69. The lowest BCUT2D eigenvalue weighted by molar-refractivity contribution is -0.137. The number of amides is 1. The molecular weight excluding hydrogens is 533 g/mol. The van der Waals surface area contributed by atoms with Crippen LogP contribution in [0.3, 0.4) is 0 Å². The molecule has 3 aromatic carbocycles. The van der Waals surface area contributed by atoms with Gasteiger partial charge in [0.25, 0.3) is 5.56 Å². The highest BCUT2D eigenvalue weighted by Crippen LogP contribution is 2.35. The summed E-state index contributed by atoms with van der Waals surface area (Å²) in [5.74, 6) is -0.227. The molecule has 0 bridgehead atoms. The molecule has 1 aliphatic rings. The van der Waals surface area contributed by atoms with Gasteiger partial charge >= 0.3 is 12.3 Å². The van der Waals surface area contributed by atoms with Crippen LogP contribution in [0.5, 0.6) is 5.75 Å². The molecule has 5 rings (SSSR count). The Bertz CT molecular complexity index is 1540. The second kappa shape index (κ2) is 10.5. The van der Waals surface area contributed by atoms with Gasteiger partial charge in [-0.05, 0) is 35.7 Å². The van der Waals surface area contributed by atoms with Gasteiger partial charge in [0.1, 0.15) is 0 Å². The van der Waals surface area contributed by atoms with Gasteiger partial charge in [0.05, 0.1) is 28.9 Å². The quantitative estimate of drug-likeness (QED) is 0.350. The molecule has 0 fully saturated rings. The Kier molecular flexibility index (Phi) is 7.05. The smallest absolute Gasteiger partial charge is 0.409 e. The van der Waals surface area contributed by atoms with Crippen molar-refractivity contribution >= 4 is 23.6 Å². The largest absolute Gasteiger partial charge is 0.416 e. The number of fused-ring (bicyclic) bond motifs is 1. The summed E-state index contributed by atoms with van der Waals surface area (Å²) >= 11 is 5.92. The van der Waals surface area contributed by atoms with Crippen molar-refractivity contribution in [3.63, 3.8) is 0 Å². The number of alkyl halides is 3. The summed E-state index contributed by atoms with van der Waals surface area (Å²) < 4.78 is 45.4. The first kappa shape index (κ1) is 26.3. The monoisotopic (exact) mass is 554 g/mol. The molecule has 0 spiro atoms. The van der Waals surface area contributed by atoms with E-state index in [9.17, 15) is 22.8 Å². The number of halogens is 4. The van der Waals surface area contributed by atoms with Crippen LogP contribution in [-0.4, -0.2) is 27.1 Å². The lowest BCUT2D eigenvalue weighted by Crippen LogP contribution is -2.43. The zero-order chi connectivity index (χ0) is 27.7. The molecule has 1 aromatic heterocycles. The molecule has 2 N–H and O–H groups in total. The van der Waals surface area contributed by atoms with Crippen molar-refractivity contribution in [3.05, 3.63) is 122 Å². The van der Waals surface area contributed by atoms with Crippen LogP contribution in [0.1, 0.15) is 34.0 Å². The maximum absolute atomic E-state index is 13.7. The number of carbonyl (C=O) groups is 1. The number of nitrogens with two attached hydrogens (primary N) is 1. The molecule has 39 heavy (non-hydrogen) atoms. The minimum atomic E-state index is -4.58. The fraction of sp³-hybridized carbons (Fsp3) is 0.179. The van der Waals surface area contributed by atoms with E-state index in [1.165, 1.54) is 9.47 Å². The molecule has 4 aromatic rings. The lowest BCUT2D eigenvalue weighted by Gasteiger charge is -2.29. The molecule has 1 amide bonds. The number of benzene rings is 3. The molecule has 0 atom stereocenters. The van der Waals surface area contributed by atoms with Crippen molar-refractivity contribution in [1.29, 1.82) is 0 Å². The highest BCUT2D eigenvalue weighted by molar-refractivity contribution is 6.32. The highest BCUT2D eigenvalue weighted by atomic mass is 35.5. The van der Waals surface area contributed by atoms with Crippen LogP contribution in [0, 0.1) is 0 Å². The fourth-order valence-electron chi connectivity index (χ4n) is 4.61. The van der Waals surface area contributed by atoms with Gasteiger partial charge in [-0.1, -0.05) is 72.3 Å². The van der Waals surface area contributed by atoms with Gasteiger partial charge in [0, 0.05) is 12.1 Å². The summed E-state index contributed by atoms with van der Waals surface area (Å²) in [4.78, 5) is 32.3. The van der Waals surface area contributed by atoms with E-state index in [0.29, 0.717) is 17.3 Å². The zero-order valence-corrected chi connectivity index (χ0v) is 21.1. The topological polar surface area (TPSA) is 90.5 Å². The van der Waals surface area contributed by atoms with E-state index in [1.807, 2.05) is 60.7 Å². The van der Waals surface area contributed by atoms with Crippen LogP contribution in [0.2, 0.25) is 5.02 Å². The average Bonchev–Trinajstić information content (AvgIpc) is 2.92. The van der Waals surface area contributed by atoms with Crippen LogP contribution in [0.25, 0.3) is 0 Å². The van der Waals surface area contributed by atoms with Crippen LogP contribution >= 0.6 is 11.6 Å². The number of nitrogens with zero attached hydrogens (tertiary/aromatic N) is 3. The number of carbonyl (C=O) groups excluding carboxylic acids is 1. The molecule has 0 radical (unpaired) electrons. The summed E-state index contributed by atoms with van der Waals surface area (Å²) in [7, 11) is 0. The molecule has 200 valence electrons. The van der Waals surface area contributed by atoms with Gasteiger partial charge < -0.3 is 15.4 Å². The number of nitrogen functional groups attached to an aromatic ring is 1. The molecule has 2 heterocycles. The van der Waals surface area contributed by atoms with E-state index in [0.717, 1.165) is 23.3 Å². The van der Waals surface area contributed by atoms with Gasteiger partial charge in [0.2, 0.25) is 5.95 Å². The summed E-state index contributed by atoms with van der Waals surface area (Å²) in [5, 5.41) is -0.353. The normalized spacial score (nSPS) is 13.3. The molecule has 1 aliphatic heterocycles. The molecular formula is C28H22ClF3N4O3. The molecule has 0 aliphatic carbocycles. The van der Waals surface area contributed by atoms with E-state index in [4.69, 9.17) is 22.1 Å². The van der Waals surface area contributed by atoms with Crippen LogP contribution in [0.4, 0.5) is 23.9 Å². The van der Waals surface area contributed by atoms with Crippen molar-refractivity contribution in [2.45, 2.75) is 25.2 Å². The van der Waals surface area contributed by atoms with E-state index in [1.54, 1.807) is 0 Å². The van der Waals surface area contributed by atoms with Gasteiger partial charge in [-0.25, -0.2) is 9.78 Å². The Morgan fingerprint density at radius 1 is 1.00 bits per heavy atom. The maximum atomic E-state index is 13.7. The minimum absolute atomic E-state index is 0.0162. The van der Waals surface area contributed by atoms with Crippen LogP contribution < -0.4 is 16.0 Å². The second-order valence-electron chi connectivity index (χ2n) is 8.98. The fourth-order valence-corrected chi connectivity index (χ4v) is 4.83.